The zero-order valence-electron chi connectivity index (χ0n) is 21.3. The van der Waals surface area contributed by atoms with Gasteiger partial charge in [0.05, 0.1) is 0 Å². The lowest BCUT2D eigenvalue weighted by Crippen LogP contribution is -2.47. The molecule has 3 N–H and O–H groups in total. The molecule has 0 aliphatic carbocycles. The smallest absolute Gasteiger partial charge is 0.408 e. The number of carbonyl (C=O) groups is 3. The lowest BCUT2D eigenvalue weighted by molar-refractivity contribution is -0.138. The summed E-state index contributed by atoms with van der Waals surface area (Å²) in [5.74, 6) is -1.01. The van der Waals surface area contributed by atoms with Gasteiger partial charge in [0.15, 0.2) is 0 Å². The number of carbonyl (C=O) groups excluding carboxylic acids is 3. The van der Waals surface area contributed by atoms with Gasteiger partial charge in [-0.1, -0.05) is 56.2 Å². The van der Waals surface area contributed by atoms with Crippen molar-refractivity contribution in [3.05, 3.63) is 59.7 Å². The molecule has 0 aromatic heterocycles. The van der Waals surface area contributed by atoms with Crippen LogP contribution in [0, 0.1) is 6.92 Å². The Hall–Kier alpha value is -3.55. The summed E-state index contributed by atoms with van der Waals surface area (Å²) >= 11 is 0. The van der Waals surface area contributed by atoms with Crippen molar-refractivity contribution in [2.75, 3.05) is 18.4 Å². The summed E-state index contributed by atoms with van der Waals surface area (Å²) < 4.78 is 5.23. The summed E-state index contributed by atoms with van der Waals surface area (Å²) in [4.78, 5) is 40.5. The van der Waals surface area contributed by atoms with Crippen LogP contribution in [0.3, 0.4) is 0 Å². The van der Waals surface area contributed by atoms with Crippen LogP contribution in [0.25, 0.3) is 0 Å². The number of aromatic hydroxyl groups is 1. The van der Waals surface area contributed by atoms with Crippen molar-refractivity contribution in [3.63, 3.8) is 0 Å². The number of phenols is 1. The number of rotatable bonds is 10. The third-order valence-corrected chi connectivity index (χ3v) is 5.30. The van der Waals surface area contributed by atoms with Gasteiger partial charge in [0.25, 0.3) is 5.91 Å². The molecular weight excluding hydrogens is 446 g/mol. The molecular formula is C27H37N3O5. The lowest BCUT2D eigenvalue weighted by atomic mass is 10.0. The number of amides is 3. The summed E-state index contributed by atoms with van der Waals surface area (Å²) in [6, 6.07) is 12.7. The highest BCUT2D eigenvalue weighted by molar-refractivity contribution is 5.99. The SMILES string of the molecule is CCCCCN(C(=O)CNC(=O)OC(C)(C)C)C(C(=O)Nc1ccccc1C)c1ccccc1O. The Bertz CT molecular complexity index is 1020. The average Bonchev–Trinajstić information content (AvgIpc) is 2.78. The third kappa shape index (κ3) is 8.63. The Balaban J connectivity index is 2.38. The molecule has 0 aliphatic rings. The molecule has 3 amide bonds. The van der Waals surface area contributed by atoms with Gasteiger partial charge in [0.2, 0.25) is 5.91 Å². The predicted octanol–water partition coefficient (Wildman–Crippen LogP) is 4.92. The number of para-hydroxylation sites is 2. The molecule has 8 heteroatoms. The number of anilines is 1. The fraction of sp³-hybridized carbons (Fsp3) is 0.444. The van der Waals surface area contributed by atoms with E-state index in [1.165, 1.54) is 11.0 Å². The molecule has 2 aromatic rings. The molecule has 2 rings (SSSR count). The lowest BCUT2D eigenvalue weighted by Gasteiger charge is -2.32. The van der Waals surface area contributed by atoms with Crippen molar-refractivity contribution in [2.45, 2.75) is 65.5 Å². The average molecular weight is 484 g/mol. The predicted molar refractivity (Wildman–Crippen MR) is 136 cm³/mol. The molecule has 190 valence electrons. The van der Waals surface area contributed by atoms with Crippen molar-refractivity contribution < 1.29 is 24.2 Å². The second-order valence-corrected chi connectivity index (χ2v) is 9.42. The van der Waals surface area contributed by atoms with Crippen molar-refractivity contribution >= 4 is 23.6 Å². The quantitative estimate of drug-likeness (QED) is 0.416. The highest BCUT2D eigenvalue weighted by atomic mass is 16.6. The normalized spacial score (nSPS) is 11.9. The van der Waals surface area contributed by atoms with Crippen LogP contribution in [-0.4, -0.2) is 46.6 Å². The molecule has 0 aliphatic heterocycles. The van der Waals surface area contributed by atoms with Crippen LogP contribution >= 0.6 is 0 Å². The molecule has 0 spiro atoms. The molecule has 0 heterocycles. The Kier molecular flexibility index (Phi) is 10.1. The van der Waals surface area contributed by atoms with Crippen molar-refractivity contribution in [2.24, 2.45) is 0 Å². The highest BCUT2D eigenvalue weighted by Gasteiger charge is 2.33. The van der Waals surface area contributed by atoms with Crippen LogP contribution in [0.5, 0.6) is 5.75 Å². The first-order valence-corrected chi connectivity index (χ1v) is 11.9. The van der Waals surface area contributed by atoms with E-state index in [0.717, 1.165) is 18.4 Å². The highest BCUT2D eigenvalue weighted by Crippen LogP contribution is 2.31. The molecule has 0 saturated heterocycles. The molecule has 8 nitrogen and oxygen atoms in total. The topological polar surface area (TPSA) is 108 Å². The van der Waals surface area contributed by atoms with Crippen LogP contribution in [0.4, 0.5) is 10.5 Å². The Morgan fingerprint density at radius 1 is 1.03 bits per heavy atom. The summed E-state index contributed by atoms with van der Waals surface area (Å²) in [6.45, 7) is 9.05. The van der Waals surface area contributed by atoms with E-state index in [4.69, 9.17) is 4.74 Å². The Labute approximate surface area is 207 Å². The van der Waals surface area contributed by atoms with Gasteiger partial charge in [0, 0.05) is 17.8 Å². The maximum Gasteiger partial charge on any atom is 0.408 e. The fourth-order valence-corrected chi connectivity index (χ4v) is 3.58. The van der Waals surface area contributed by atoms with Crippen molar-refractivity contribution in [3.8, 4) is 5.75 Å². The Morgan fingerprint density at radius 3 is 2.31 bits per heavy atom. The number of nitrogens with zero attached hydrogens (tertiary/aromatic N) is 1. The van der Waals surface area contributed by atoms with Crippen LogP contribution in [0.15, 0.2) is 48.5 Å². The Morgan fingerprint density at radius 2 is 1.69 bits per heavy atom. The van der Waals surface area contributed by atoms with Crippen LogP contribution < -0.4 is 10.6 Å². The van der Waals surface area contributed by atoms with Crippen molar-refractivity contribution in [1.29, 1.82) is 0 Å². The van der Waals surface area contributed by atoms with E-state index >= 15 is 0 Å². The minimum atomic E-state index is -1.10. The van der Waals surface area contributed by atoms with Crippen LogP contribution in [-0.2, 0) is 14.3 Å². The van der Waals surface area contributed by atoms with E-state index < -0.39 is 29.6 Å². The summed E-state index contributed by atoms with van der Waals surface area (Å²) in [5.41, 5.74) is 1.08. The van der Waals surface area contributed by atoms with Gasteiger partial charge in [-0.25, -0.2) is 4.79 Å². The second-order valence-electron chi connectivity index (χ2n) is 9.42. The molecule has 0 saturated carbocycles. The third-order valence-electron chi connectivity index (χ3n) is 5.30. The largest absolute Gasteiger partial charge is 0.508 e. The fourth-order valence-electron chi connectivity index (χ4n) is 3.58. The molecule has 35 heavy (non-hydrogen) atoms. The summed E-state index contributed by atoms with van der Waals surface area (Å²) in [7, 11) is 0. The summed E-state index contributed by atoms with van der Waals surface area (Å²) in [5, 5.41) is 16.0. The van der Waals surface area contributed by atoms with E-state index in [1.54, 1.807) is 45.0 Å². The van der Waals surface area contributed by atoms with Gasteiger partial charge in [-0.3, -0.25) is 9.59 Å². The number of aryl methyl sites for hydroxylation is 1. The maximum atomic E-state index is 13.6. The molecule has 0 radical (unpaired) electrons. The van der Waals surface area contributed by atoms with E-state index in [9.17, 15) is 19.5 Å². The zero-order valence-corrected chi connectivity index (χ0v) is 21.3. The number of alkyl carbamates (subject to hydrolysis) is 1. The first-order chi connectivity index (χ1) is 16.5. The number of phenolic OH excluding ortho intramolecular Hbond substituents is 1. The number of benzene rings is 2. The van der Waals surface area contributed by atoms with E-state index in [-0.39, 0.29) is 18.8 Å². The van der Waals surface area contributed by atoms with Gasteiger partial charge in [-0.05, 0) is 51.8 Å². The number of ether oxygens (including phenoxy) is 1. The molecule has 0 fully saturated rings. The van der Waals surface area contributed by atoms with Crippen LogP contribution in [0.2, 0.25) is 0 Å². The van der Waals surface area contributed by atoms with E-state index in [2.05, 4.69) is 10.6 Å². The first kappa shape index (κ1) is 27.7. The van der Waals surface area contributed by atoms with E-state index in [1.807, 2.05) is 32.0 Å². The number of hydrogen-bond acceptors (Lipinski definition) is 5. The molecule has 1 atom stereocenters. The monoisotopic (exact) mass is 483 g/mol. The van der Waals surface area contributed by atoms with E-state index in [0.29, 0.717) is 17.7 Å². The van der Waals surface area contributed by atoms with Gasteiger partial charge >= 0.3 is 6.09 Å². The van der Waals surface area contributed by atoms with Crippen LogP contribution in [0.1, 0.15) is 64.1 Å². The molecule has 0 bridgehead atoms. The maximum absolute atomic E-state index is 13.6. The molecule has 1 unspecified atom stereocenters. The molecule has 2 aromatic carbocycles. The first-order valence-electron chi connectivity index (χ1n) is 11.9. The van der Waals surface area contributed by atoms with Gasteiger partial charge in [-0.15, -0.1) is 0 Å². The standard InChI is InChI=1S/C27H37N3O5/c1-6-7-12-17-30(23(32)18-28-26(34)35-27(3,4)5)24(20-14-9-11-16-22(20)31)25(33)29-21-15-10-8-13-19(21)2/h8-11,13-16,24,31H,6-7,12,17-18H2,1-5H3,(H,28,34)(H,29,33). The zero-order chi connectivity index (χ0) is 26.0. The second kappa shape index (κ2) is 12.8. The number of unbranched alkanes of at least 4 members (excludes halogenated alkanes) is 2. The van der Waals surface area contributed by atoms with Gasteiger partial charge in [0.1, 0.15) is 23.9 Å². The van der Waals surface area contributed by atoms with Crippen molar-refractivity contribution in [1.82, 2.24) is 10.2 Å². The minimum absolute atomic E-state index is 0.0918. The van der Waals surface area contributed by atoms with Gasteiger partial charge < -0.3 is 25.4 Å². The minimum Gasteiger partial charge on any atom is -0.508 e. The number of hydrogen-bond donors (Lipinski definition) is 3. The summed E-state index contributed by atoms with van der Waals surface area (Å²) in [6.07, 6.45) is 1.73. The number of nitrogens with one attached hydrogen (secondary N) is 2. The van der Waals surface area contributed by atoms with Gasteiger partial charge in [-0.2, -0.15) is 0 Å².